The molecule has 6 N–H and O–H groups in total. The molecule has 85 heavy (non-hydrogen) atoms. The van der Waals surface area contributed by atoms with Gasteiger partial charge in [-0.1, -0.05) is 35.1 Å². The van der Waals surface area contributed by atoms with Crippen molar-refractivity contribution in [3.05, 3.63) is 104 Å². The number of halogens is 2. The van der Waals surface area contributed by atoms with Crippen molar-refractivity contribution in [3.63, 3.8) is 0 Å². The summed E-state index contributed by atoms with van der Waals surface area (Å²) in [6.45, 7) is 0. The largest absolute Gasteiger partial charge is 3.00 e. The summed E-state index contributed by atoms with van der Waals surface area (Å²) in [6.07, 6.45) is 0. The van der Waals surface area contributed by atoms with Crippen molar-refractivity contribution in [2.75, 3.05) is 22.1 Å². The Kier molecular flexibility index (Phi) is 26.7. The standard InChI is InChI=1S/2C19H13ClN8O10S2.Co.4Na/c2*20-17-23-18(21)25-19(24-17)22-11-6-9(39(33,34)35)3-7-4-13(40(36,37)38)15(16(30)14(7)11)27-26-10-5-8(28(31)32)1-2-12(10)29;;;;;/h2*1-6,29-30H,(H,33,34,35)(H,36,37,38)(H3,21,22,23,24,25);;;;;/q;;+3;4*+1/p-7. The van der Waals surface area contributed by atoms with Crippen LogP contribution in [-0.4, -0.2) is 91.6 Å². The van der Waals surface area contributed by atoms with Crippen LogP contribution in [0.25, 0.3) is 21.5 Å². The summed E-state index contributed by atoms with van der Waals surface area (Å²) in [7, 11) is -21.5. The maximum absolute atomic E-state index is 13.5. The van der Waals surface area contributed by atoms with E-state index in [1.807, 2.05) is 0 Å². The first kappa shape index (κ1) is 76.1. The molecule has 0 bridgehead atoms. The third-order valence-corrected chi connectivity index (χ3v) is 13.6. The van der Waals surface area contributed by atoms with Crippen molar-refractivity contribution in [1.82, 2.24) is 29.9 Å². The van der Waals surface area contributed by atoms with Gasteiger partial charge < -0.3 is 60.7 Å². The van der Waals surface area contributed by atoms with Gasteiger partial charge in [0, 0.05) is 35.6 Å². The number of rotatable bonds is 14. The van der Waals surface area contributed by atoms with Gasteiger partial charge in [0.2, 0.25) is 34.4 Å². The van der Waals surface area contributed by atoms with E-state index >= 15 is 0 Å². The molecule has 36 nitrogen and oxygen atoms in total. The average molecular weight is 1370 g/mol. The number of aromatic nitrogens is 6. The minimum absolute atomic E-state index is 0. The Labute approximate surface area is 584 Å². The molecule has 0 atom stereocenters. The number of fused-ring (bicyclic) bond motifs is 2. The van der Waals surface area contributed by atoms with Gasteiger partial charge in [-0.15, -0.1) is 10.2 Å². The smallest absolute Gasteiger partial charge is 0.871 e. The summed E-state index contributed by atoms with van der Waals surface area (Å²) in [5.41, 5.74) is 5.20. The summed E-state index contributed by atoms with van der Waals surface area (Å²) in [5, 5.41) is 88.7. The summed E-state index contributed by atoms with van der Waals surface area (Å²) in [5.74, 6) is -6.16. The van der Waals surface area contributed by atoms with E-state index in [-0.39, 0.29) is 136 Å². The molecule has 2 aromatic heterocycles. The number of nitrogens with one attached hydrogen (secondary N) is 2. The second-order valence-corrected chi connectivity index (χ2v) is 21.2. The van der Waals surface area contributed by atoms with E-state index in [4.69, 9.17) is 34.7 Å². The molecule has 0 aliphatic rings. The van der Waals surface area contributed by atoms with Crippen LogP contribution in [0.4, 0.5) is 69.3 Å². The molecular formula is C38H19Cl2CoN16Na4O20S4. The number of nitrogens with zero attached hydrogens (tertiary/aromatic N) is 12. The second kappa shape index (κ2) is 29.8. The molecule has 2 heterocycles. The Morgan fingerprint density at radius 1 is 0.482 bits per heavy atom. The Hall–Kier alpha value is -5.01. The van der Waals surface area contributed by atoms with Gasteiger partial charge in [-0.25, -0.2) is 33.7 Å². The van der Waals surface area contributed by atoms with E-state index in [2.05, 4.69) is 61.0 Å². The van der Waals surface area contributed by atoms with Gasteiger partial charge >= 0.3 is 136 Å². The summed E-state index contributed by atoms with van der Waals surface area (Å²) in [6, 6.07) is 8.38. The van der Waals surface area contributed by atoms with Crippen molar-refractivity contribution in [1.29, 1.82) is 0 Å². The fourth-order valence-electron chi connectivity index (χ4n) is 6.63. The van der Waals surface area contributed by atoms with Crippen LogP contribution in [0, 0.1) is 20.2 Å². The first-order valence-electron chi connectivity index (χ1n) is 20.2. The average Bonchev–Trinajstić information content (AvgIpc) is 1.25. The Bertz CT molecular complexity index is 4220. The molecule has 0 amide bonds. The van der Waals surface area contributed by atoms with Crippen molar-refractivity contribution in [2.24, 2.45) is 20.5 Å². The van der Waals surface area contributed by atoms with Crippen molar-refractivity contribution in [3.8, 4) is 23.0 Å². The predicted octanol–water partition coefficient (Wildman–Crippen LogP) is -9.31. The van der Waals surface area contributed by atoms with Gasteiger partial charge in [-0.05, 0) is 81.1 Å². The molecule has 0 spiro atoms. The van der Waals surface area contributed by atoms with Gasteiger partial charge in [0.15, 0.2) is 0 Å². The van der Waals surface area contributed by atoms with E-state index in [1.165, 1.54) is 0 Å². The van der Waals surface area contributed by atoms with Gasteiger partial charge in [-0.2, -0.15) is 40.1 Å². The van der Waals surface area contributed by atoms with Crippen LogP contribution in [0.1, 0.15) is 1.43 Å². The molecule has 0 fully saturated rings. The third-order valence-electron chi connectivity index (χ3n) is 9.89. The van der Waals surface area contributed by atoms with Crippen LogP contribution in [0.15, 0.2) is 113 Å². The molecule has 422 valence electrons. The fourth-order valence-corrected chi connectivity index (χ4v) is 9.31. The molecule has 0 saturated heterocycles. The minimum atomic E-state index is -5.52. The number of hydrogen-bond donors (Lipinski definition) is 4. The van der Waals surface area contributed by atoms with E-state index in [0.717, 1.165) is 24.3 Å². The van der Waals surface area contributed by atoms with Crippen LogP contribution >= 0.6 is 23.2 Å². The number of non-ortho nitro benzene ring substituents is 2. The number of hydrogen-bond acceptors (Lipinski definition) is 34. The van der Waals surface area contributed by atoms with Gasteiger partial charge in [0.1, 0.15) is 40.5 Å². The van der Waals surface area contributed by atoms with E-state index < -0.39 is 194 Å². The van der Waals surface area contributed by atoms with Crippen LogP contribution < -0.4 is 161 Å². The fraction of sp³-hybridized carbons (Fsp3) is 0. The van der Waals surface area contributed by atoms with Crippen molar-refractivity contribution >= 4 is 155 Å². The summed E-state index contributed by atoms with van der Waals surface area (Å²) >= 11 is 11.4. The number of anilines is 6. The number of azo groups is 2. The Balaban J connectivity index is 0.000000804. The first-order valence-corrected chi connectivity index (χ1v) is 26.6. The quantitative estimate of drug-likeness (QED) is 0.0258. The van der Waals surface area contributed by atoms with E-state index in [9.17, 15) is 92.5 Å². The number of nitro benzene ring substituents is 2. The normalized spacial score (nSPS) is 11.5. The number of nitro groups is 2. The molecule has 8 rings (SSSR count). The van der Waals surface area contributed by atoms with Gasteiger partial charge in [0.25, 0.3) is 11.4 Å². The zero-order chi connectivity index (χ0) is 59.1. The first-order chi connectivity index (χ1) is 37.1. The molecule has 47 heteroatoms. The van der Waals surface area contributed by atoms with Crippen LogP contribution in [0.5, 0.6) is 23.0 Å². The SMILES string of the molecule is Nc1nc(Cl)nc(Nc2cc(S(=O)(=O)[O-])cc3cc(S(=O)(=O)[O-])c(N=Nc4cc([N+](=O)[O-])ccc4[O-])c([O-])c23)n1.Nc1nc(Cl)nc(Nc2cc(S(=O)(=O)[O-])cc3cc(S(=O)(=O)[O-])c(N=Nc4cc([N+](=O)[O-])ccc4[O-])c([O-])c23)n1.[Co+3].[H+].[Na+].[Na+].[Na+].[Na+]. The molecule has 0 unspecified atom stereocenters. The van der Waals surface area contributed by atoms with Crippen LogP contribution in [-0.2, 0) is 57.3 Å². The van der Waals surface area contributed by atoms with E-state index in [0.29, 0.717) is 48.5 Å². The second-order valence-electron chi connectivity index (χ2n) is 15.1. The molecule has 6 aromatic carbocycles. The number of nitrogens with two attached hydrogens (primary N) is 2. The van der Waals surface area contributed by atoms with Gasteiger partial charge in [-0.3, -0.25) is 20.2 Å². The third kappa shape index (κ3) is 18.5. The van der Waals surface area contributed by atoms with Crippen LogP contribution in [0.3, 0.4) is 0 Å². The molecule has 0 aliphatic heterocycles. The number of benzene rings is 6. The molecule has 0 aliphatic carbocycles. The molecular weight excluding hydrogens is 1350 g/mol. The molecule has 0 radical (unpaired) electrons. The van der Waals surface area contributed by atoms with Gasteiger partial charge in [0.05, 0.1) is 52.2 Å². The van der Waals surface area contributed by atoms with Crippen molar-refractivity contribution < 1.29 is 219 Å². The topological polar surface area (TPSA) is 610 Å². The van der Waals surface area contributed by atoms with E-state index in [1.54, 1.807) is 0 Å². The molecule has 0 saturated carbocycles. The van der Waals surface area contributed by atoms with Crippen molar-refractivity contribution in [2.45, 2.75) is 19.6 Å². The monoisotopic (exact) mass is 1370 g/mol. The predicted molar refractivity (Wildman–Crippen MR) is 258 cm³/mol. The molecule has 8 aromatic rings. The summed E-state index contributed by atoms with van der Waals surface area (Å²) < 4.78 is 143. The zero-order valence-corrected chi connectivity index (χ0v) is 56.2. The Morgan fingerprint density at radius 3 is 1.09 bits per heavy atom. The maximum atomic E-state index is 13.5. The maximum Gasteiger partial charge on any atom is 3.00 e. The summed E-state index contributed by atoms with van der Waals surface area (Å²) in [4.78, 5) is 37.6. The zero-order valence-electron chi connectivity index (χ0n) is 43.3. The number of nitrogen functional groups attached to an aromatic ring is 2. The minimum Gasteiger partial charge on any atom is -0.871 e. The van der Waals surface area contributed by atoms with Crippen LogP contribution in [0.2, 0.25) is 10.6 Å². The Morgan fingerprint density at radius 2 is 0.812 bits per heavy atom.